The first-order chi connectivity index (χ1) is 15.2. The van der Waals surface area contributed by atoms with Crippen molar-refractivity contribution < 1.29 is 14.3 Å². The van der Waals surface area contributed by atoms with Crippen LogP contribution in [0.3, 0.4) is 0 Å². The summed E-state index contributed by atoms with van der Waals surface area (Å²) in [5.74, 6) is -0.268. The lowest BCUT2D eigenvalue weighted by Gasteiger charge is -2.29. The second kappa shape index (κ2) is 8.56. The topological polar surface area (TPSA) is 93.5 Å². The van der Waals surface area contributed by atoms with Gasteiger partial charge in [-0.15, -0.1) is 0 Å². The van der Waals surface area contributed by atoms with Crippen LogP contribution in [0.15, 0.2) is 36.5 Å². The van der Waals surface area contributed by atoms with E-state index < -0.39 is 0 Å². The highest BCUT2D eigenvalue weighted by molar-refractivity contribution is 6.99. The molecule has 0 radical (unpaired) electrons. The van der Waals surface area contributed by atoms with E-state index in [1.807, 2.05) is 35.0 Å². The van der Waals surface area contributed by atoms with Crippen molar-refractivity contribution in [2.75, 3.05) is 32.8 Å². The Morgan fingerprint density at radius 1 is 1.03 bits per heavy atom. The van der Waals surface area contributed by atoms with Crippen LogP contribution in [0.5, 0.6) is 0 Å². The molecule has 10 heteroatoms. The second-order valence-corrected chi connectivity index (χ2v) is 8.15. The average Bonchev–Trinajstić information content (AvgIpc) is 3.48. The minimum atomic E-state index is -0.167. The Hall–Kier alpha value is -3.11. The van der Waals surface area contributed by atoms with E-state index in [1.54, 1.807) is 9.80 Å². The molecular weight excluding hydrogens is 416 g/mol. The van der Waals surface area contributed by atoms with Crippen LogP contribution in [-0.4, -0.2) is 73.0 Å². The largest absolute Gasteiger partial charge is 0.378 e. The van der Waals surface area contributed by atoms with Crippen molar-refractivity contribution in [1.82, 2.24) is 28.3 Å². The van der Waals surface area contributed by atoms with Gasteiger partial charge in [0.2, 0.25) is 0 Å². The Labute approximate surface area is 183 Å². The number of amides is 2. The van der Waals surface area contributed by atoms with E-state index >= 15 is 0 Å². The molecule has 0 bridgehead atoms. The fourth-order valence-electron chi connectivity index (χ4n) is 4.06. The number of carbonyl (C=O) groups excluding carboxylic acids is 2. The highest BCUT2D eigenvalue weighted by Crippen LogP contribution is 2.26. The van der Waals surface area contributed by atoms with E-state index in [9.17, 15) is 9.59 Å². The van der Waals surface area contributed by atoms with Crippen molar-refractivity contribution in [3.8, 4) is 0 Å². The van der Waals surface area contributed by atoms with Gasteiger partial charge in [-0.3, -0.25) is 14.3 Å². The zero-order chi connectivity index (χ0) is 21.2. The van der Waals surface area contributed by atoms with E-state index in [2.05, 4.69) is 8.75 Å². The van der Waals surface area contributed by atoms with Gasteiger partial charge in [-0.25, -0.2) is 0 Å². The lowest BCUT2D eigenvalue weighted by Crippen LogP contribution is -2.42. The molecule has 2 aliphatic rings. The summed E-state index contributed by atoms with van der Waals surface area (Å²) in [5, 5.41) is 4.74. The number of fused-ring (bicyclic) bond motifs is 1. The van der Waals surface area contributed by atoms with Crippen LogP contribution in [0.25, 0.3) is 0 Å². The third-order valence-electron chi connectivity index (χ3n) is 5.68. The third kappa shape index (κ3) is 3.96. The lowest BCUT2D eigenvalue weighted by atomic mass is 10.0. The van der Waals surface area contributed by atoms with Crippen molar-refractivity contribution >= 4 is 23.5 Å². The molecular formula is C21H22N6O3S. The molecule has 3 aromatic rings. The number of nitrogens with zero attached hydrogens (tertiary/aromatic N) is 6. The number of rotatable bonds is 4. The summed E-state index contributed by atoms with van der Waals surface area (Å²) in [7, 11) is 0. The molecule has 1 aromatic carbocycles. The number of hydrogen-bond donors (Lipinski definition) is 0. The summed E-state index contributed by atoms with van der Waals surface area (Å²) >= 11 is 1.01. The number of morpholine rings is 1. The van der Waals surface area contributed by atoms with Gasteiger partial charge in [0.25, 0.3) is 11.8 Å². The van der Waals surface area contributed by atoms with Crippen molar-refractivity contribution in [1.29, 1.82) is 0 Å². The Bertz CT molecular complexity index is 1080. The number of ether oxygens (including phenoxy) is 1. The van der Waals surface area contributed by atoms with Crippen molar-refractivity contribution in [3.63, 3.8) is 0 Å². The standard InChI is InChI=1S/C21H22N6O3S/c28-20(17-12-22-31-24-17)26-7-6-18-16(14-26)19(21(29)25-8-10-30-11-9-25)23-27(18)13-15-4-2-1-3-5-15/h1-5,12H,6-11,13-14H2. The zero-order valence-electron chi connectivity index (χ0n) is 16.9. The van der Waals surface area contributed by atoms with Gasteiger partial charge in [0.15, 0.2) is 11.4 Å². The Balaban J connectivity index is 1.48. The van der Waals surface area contributed by atoms with Crippen LogP contribution < -0.4 is 0 Å². The first-order valence-corrected chi connectivity index (χ1v) is 11.0. The van der Waals surface area contributed by atoms with Gasteiger partial charge in [0.05, 0.1) is 44.2 Å². The van der Waals surface area contributed by atoms with Crippen LogP contribution >= 0.6 is 11.7 Å². The quantitative estimate of drug-likeness (QED) is 0.612. The van der Waals surface area contributed by atoms with Gasteiger partial charge < -0.3 is 14.5 Å². The van der Waals surface area contributed by atoms with Gasteiger partial charge in [0.1, 0.15) is 0 Å². The molecule has 2 amide bonds. The molecule has 9 nitrogen and oxygen atoms in total. The molecule has 2 aliphatic heterocycles. The molecule has 2 aromatic heterocycles. The SMILES string of the molecule is O=C(c1cnsn1)N1CCc2c(c(C(=O)N3CCOCC3)nn2Cc2ccccc2)C1. The van der Waals surface area contributed by atoms with Crippen molar-refractivity contribution in [2.24, 2.45) is 0 Å². The van der Waals surface area contributed by atoms with E-state index in [0.717, 1.165) is 28.5 Å². The van der Waals surface area contributed by atoms with Crippen LogP contribution in [0.4, 0.5) is 0 Å². The van der Waals surface area contributed by atoms with Gasteiger partial charge >= 0.3 is 0 Å². The minimum Gasteiger partial charge on any atom is -0.378 e. The summed E-state index contributed by atoms with van der Waals surface area (Å²) in [6.07, 6.45) is 2.12. The summed E-state index contributed by atoms with van der Waals surface area (Å²) in [6, 6.07) is 10.1. The third-order valence-corrected chi connectivity index (χ3v) is 6.16. The fraction of sp³-hybridized carbons (Fsp3) is 0.381. The molecule has 1 saturated heterocycles. The van der Waals surface area contributed by atoms with Crippen LogP contribution in [0.1, 0.15) is 37.8 Å². The van der Waals surface area contributed by atoms with Crippen LogP contribution in [0.2, 0.25) is 0 Å². The smallest absolute Gasteiger partial charge is 0.275 e. The first-order valence-electron chi connectivity index (χ1n) is 10.3. The maximum Gasteiger partial charge on any atom is 0.275 e. The number of aromatic nitrogens is 4. The highest BCUT2D eigenvalue weighted by atomic mass is 32.1. The highest BCUT2D eigenvalue weighted by Gasteiger charge is 2.33. The van der Waals surface area contributed by atoms with Crippen molar-refractivity contribution in [2.45, 2.75) is 19.5 Å². The van der Waals surface area contributed by atoms with Crippen molar-refractivity contribution in [3.05, 3.63) is 64.7 Å². The molecule has 0 unspecified atom stereocenters. The Kier molecular flexibility index (Phi) is 5.47. The second-order valence-electron chi connectivity index (χ2n) is 7.59. The van der Waals surface area contributed by atoms with Gasteiger partial charge in [-0.05, 0) is 5.56 Å². The molecule has 0 spiro atoms. The zero-order valence-corrected chi connectivity index (χ0v) is 17.8. The number of benzene rings is 1. The Morgan fingerprint density at radius 2 is 1.84 bits per heavy atom. The van der Waals surface area contributed by atoms with Crippen LogP contribution in [-0.2, 0) is 24.2 Å². The summed E-state index contributed by atoms with van der Waals surface area (Å²) in [5.41, 5.74) is 3.73. The molecule has 0 N–H and O–H groups in total. The lowest BCUT2D eigenvalue weighted by molar-refractivity contribution is 0.0296. The molecule has 1 fully saturated rings. The van der Waals surface area contributed by atoms with E-state index in [-0.39, 0.29) is 11.8 Å². The molecule has 5 rings (SSSR count). The summed E-state index contributed by atoms with van der Waals surface area (Å²) < 4.78 is 15.3. The predicted molar refractivity (Wildman–Crippen MR) is 113 cm³/mol. The summed E-state index contributed by atoms with van der Waals surface area (Å²) in [4.78, 5) is 29.7. The molecule has 0 aliphatic carbocycles. The molecule has 0 atom stereocenters. The van der Waals surface area contributed by atoms with E-state index in [1.165, 1.54) is 6.20 Å². The first kappa shape index (κ1) is 19.8. The predicted octanol–water partition coefficient (Wildman–Crippen LogP) is 1.45. The minimum absolute atomic E-state index is 0.101. The molecule has 160 valence electrons. The molecule has 0 saturated carbocycles. The normalized spacial score (nSPS) is 16.3. The summed E-state index contributed by atoms with van der Waals surface area (Å²) in [6.45, 7) is 3.63. The Morgan fingerprint density at radius 3 is 2.58 bits per heavy atom. The fourth-order valence-corrected chi connectivity index (χ4v) is 4.47. The van der Waals surface area contributed by atoms with Gasteiger partial charge in [-0.1, -0.05) is 30.3 Å². The van der Waals surface area contributed by atoms with E-state index in [0.29, 0.717) is 63.7 Å². The monoisotopic (exact) mass is 438 g/mol. The maximum absolute atomic E-state index is 13.3. The van der Waals surface area contributed by atoms with Gasteiger partial charge in [-0.2, -0.15) is 13.8 Å². The molecule has 31 heavy (non-hydrogen) atoms. The number of carbonyl (C=O) groups is 2. The maximum atomic E-state index is 13.3. The average molecular weight is 439 g/mol. The van der Waals surface area contributed by atoms with Crippen LogP contribution in [0, 0.1) is 0 Å². The molecule has 4 heterocycles. The van der Waals surface area contributed by atoms with E-state index in [4.69, 9.17) is 9.84 Å². The van der Waals surface area contributed by atoms with Gasteiger partial charge in [0, 0.05) is 37.3 Å². The number of hydrogen-bond acceptors (Lipinski definition) is 7.